The molecule has 1 aliphatic carbocycles. The molecule has 1 amide bonds. The molecule has 3 aromatic rings. The van der Waals surface area contributed by atoms with Gasteiger partial charge in [0, 0.05) is 23.8 Å². The van der Waals surface area contributed by atoms with E-state index >= 15 is 0 Å². The van der Waals surface area contributed by atoms with Gasteiger partial charge >= 0.3 is 5.97 Å². The Balaban J connectivity index is 1.29. The Morgan fingerprint density at radius 3 is 2.86 bits per heavy atom. The number of benzene rings is 2. The van der Waals surface area contributed by atoms with Crippen molar-refractivity contribution in [2.75, 3.05) is 6.54 Å². The standard InChI is InChI=1S/C33H34ClFN2O5S/c34-23-11-12-26-29(15-23)43-32(36-26)42-25-16-27-28(38)18-33(31(40)41)17-22(33)9-5-3-1-2-4-8-21(30(39)37(27)19-25)13-20-7-6-10-24(35)14-20/h5-7,9-12,14-15,21-22,25,27H,1-4,8,13,16-19H2,(H,40,41)/b9-5-/t21-,22-,25-,27+,33-/m1/s1. The van der Waals surface area contributed by atoms with Crippen LogP contribution in [0.25, 0.3) is 10.2 Å². The number of allylic oxidation sites excluding steroid dienone is 2. The maximum Gasteiger partial charge on any atom is 0.310 e. The van der Waals surface area contributed by atoms with Crippen molar-refractivity contribution in [2.45, 2.75) is 69.9 Å². The molecule has 3 heterocycles. The lowest BCUT2D eigenvalue weighted by Crippen LogP contribution is -2.45. The van der Waals surface area contributed by atoms with Crippen LogP contribution in [0.2, 0.25) is 5.02 Å². The van der Waals surface area contributed by atoms with E-state index in [0.717, 1.165) is 41.5 Å². The van der Waals surface area contributed by atoms with E-state index < -0.39 is 29.4 Å². The molecule has 10 heteroatoms. The SMILES string of the molecule is O=C1C[C@]2(C(=O)O)C[C@H]2/C=C\CCCCC[C@H](Cc2cccc(F)c2)C(=O)N2C[C@H](Oc3nc4ccc(Cl)cc4s3)C[C@@H]12. The number of carbonyl (C=O) groups excluding carboxylic acids is 2. The van der Waals surface area contributed by atoms with Crippen LogP contribution < -0.4 is 4.74 Å². The number of Topliss-reactive ketones (excluding diaryl/α,β-unsaturated/α-hetero) is 1. The van der Waals surface area contributed by atoms with Gasteiger partial charge < -0.3 is 14.7 Å². The number of amides is 1. The monoisotopic (exact) mass is 624 g/mol. The molecule has 226 valence electrons. The Morgan fingerprint density at radius 1 is 1.19 bits per heavy atom. The molecule has 0 bridgehead atoms. The van der Waals surface area contributed by atoms with Crippen molar-refractivity contribution >= 4 is 50.8 Å². The van der Waals surface area contributed by atoms with Crippen LogP contribution in [-0.4, -0.2) is 51.3 Å². The van der Waals surface area contributed by atoms with E-state index in [9.17, 15) is 23.9 Å². The van der Waals surface area contributed by atoms with Gasteiger partial charge in [0.2, 0.25) is 5.91 Å². The second-order valence-corrected chi connectivity index (χ2v) is 13.5. The zero-order chi connectivity index (χ0) is 30.1. The maximum atomic E-state index is 14.2. The number of halogens is 2. The lowest BCUT2D eigenvalue weighted by molar-refractivity contribution is -0.147. The molecule has 0 radical (unpaired) electrons. The lowest BCUT2D eigenvalue weighted by atomic mass is 9.90. The highest BCUT2D eigenvalue weighted by atomic mass is 35.5. The average molecular weight is 625 g/mol. The second kappa shape index (κ2) is 12.4. The molecule has 6 rings (SSSR count). The molecule has 1 aromatic heterocycles. The molecular weight excluding hydrogens is 591 g/mol. The Bertz CT molecular complexity index is 1580. The highest BCUT2D eigenvalue weighted by Gasteiger charge is 2.61. The summed E-state index contributed by atoms with van der Waals surface area (Å²) in [6.45, 7) is 0.189. The summed E-state index contributed by atoms with van der Waals surface area (Å²) in [6, 6.07) is 10.9. The molecule has 3 aliphatic rings. The molecule has 5 atom stereocenters. The summed E-state index contributed by atoms with van der Waals surface area (Å²) < 4.78 is 21.2. The van der Waals surface area contributed by atoms with Crippen molar-refractivity contribution in [3.05, 3.63) is 71.0 Å². The first kappa shape index (κ1) is 29.8. The lowest BCUT2D eigenvalue weighted by Gasteiger charge is -2.29. The highest BCUT2D eigenvalue weighted by Crippen LogP contribution is 2.57. The van der Waals surface area contributed by atoms with Gasteiger partial charge in [0.1, 0.15) is 11.9 Å². The van der Waals surface area contributed by atoms with Gasteiger partial charge in [-0.15, -0.1) is 0 Å². The average Bonchev–Trinajstić information content (AvgIpc) is 3.29. The summed E-state index contributed by atoms with van der Waals surface area (Å²) in [6.07, 6.45) is 8.51. The van der Waals surface area contributed by atoms with E-state index in [1.165, 1.54) is 23.5 Å². The summed E-state index contributed by atoms with van der Waals surface area (Å²) >= 11 is 7.49. The minimum Gasteiger partial charge on any atom is -0.481 e. The molecule has 0 spiro atoms. The number of carboxylic acid groups (broad SMARTS) is 1. The Kier molecular flexibility index (Phi) is 8.56. The van der Waals surface area contributed by atoms with Gasteiger partial charge in [0.15, 0.2) is 5.78 Å². The number of aliphatic carboxylic acids is 1. The minimum atomic E-state index is -1.13. The van der Waals surface area contributed by atoms with Gasteiger partial charge in [-0.3, -0.25) is 14.4 Å². The zero-order valence-electron chi connectivity index (χ0n) is 23.7. The van der Waals surface area contributed by atoms with E-state index in [0.29, 0.717) is 29.5 Å². The first-order chi connectivity index (χ1) is 20.7. The van der Waals surface area contributed by atoms with E-state index in [1.807, 2.05) is 30.4 Å². The topological polar surface area (TPSA) is 96.8 Å². The van der Waals surface area contributed by atoms with Crippen molar-refractivity contribution in [3.63, 3.8) is 0 Å². The van der Waals surface area contributed by atoms with Gasteiger partial charge in [-0.25, -0.2) is 9.37 Å². The van der Waals surface area contributed by atoms with E-state index in [2.05, 4.69) is 4.98 Å². The first-order valence-corrected chi connectivity index (χ1v) is 16.1. The molecule has 1 saturated heterocycles. The second-order valence-electron chi connectivity index (χ2n) is 12.1. The smallest absolute Gasteiger partial charge is 0.310 e. The summed E-state index contributed by atoms with van der Waals surface area (Å²) in [5, 5.41) is 11.1. The van der Waals surface area contributed by atoms with Crippen LogP contribution >= 0.6 is 22.9 Å². The minimum absolute atomic E-state index is 0.132. The number of nitrogens with zero attached hydrogens (tertiary/aromatic N) is 2. The number of aromatic nitrogens is 1. The summed E-state index contributed by atoms with van der Waals surface area (Å²) in [4.78, 5) is 46.7. The fourth-order valence-corrected chi connectivity index (χ4v) is 7.78. The summed E-state index contributed by atoms with van der Waals surface area (Å²) in [5.41, 5.74) is 0.345. The fraction of sp³-hybridized carbons (Fsp3) is 0.455. The first-order valence-electron chi connectivity index (χ1n) is 14.9. The van der Waals surface area contributed by atoms with Gasteiger partial charge in [-0.2, -0.15) is 0 Å². The summed E-state index contributed by atoms with van der Waals surface area (Å²) in [7, 11) is 0. The largest absolute Gasteiger partial charge is 0.481 e. The molecule has 43 heavy (non-hydrogen) atoms. The van der Waals surface area contributed by atoms with Crippen LogP contribution in [0.4, 0.5) is 4.39 Å². The van der Waals surface area contributed by atoms with Crippen molar-refractivity contribution in [1.29, 1.82) is 0 Å². The number of thiazole rings is 1. The number of carboxylic acids is 1. The normalized spacial score (nSPS) is 28.9. The molecule has 1 N–H and O–H groups in total. The molecule has 0 unspecified atom stereocenters. The molecule has 1 saturated carbocycles. The van der Waals surface area contributed by atoms with Crippen LogP contribution in [-0.2, 0) is 20.8 Å². The van der Waals surface area contributed by atoms with Gasteiger partial charge in [-0.05, 0) is 73.9 Å². The van der Waals surface area contributed by atoms with Crippen molar-refractivity contribution in [2.24, 2.45) is 17.3 Å². The third-order valence-corrected chi connectivity index (χ3v) is 10.2. The van der Waals surface area contributed by atoms with Crippen LogP contribution in [0.15, 0.2) is 54.6 Å². The molecule has 7 nitrogen and oxygen atoms in total. The predicted molar refractivity (Wildman–Crippen MR) is 163 cm³/mol. The fourth-order valence-electron chi connectivity index (χ4n) is 6.63. The maximum absolute atomic E-state index is 14.2. The third-order valence-electron chi connectivity index (χ3n) is 9.08. The van der Waals surface area contributed by atoms with E-state index in [1.54, 1.807) is 17.0 Å². The Labute approximate surface area is 258 Å². The number of hydrogen-bond donors (Lipinski definition) is 1. The van der Waals surface area contributed by atoms with Crippen molar-refractivity contribution in [1.82, 2.24) is 9.88 Å². The Morgan fingerprint density at radius 2 is 2.05 bits per heavy atom. The van der Waals surface area contributed by atoms with E-state index in [-0.39, 0.29) is 42.8 Å². The zero-order valence-corrected chi connectivity index (χ0v) is 25.3. The molecule has 2 aliphatic heterocycles. The van der Waals surface area contributed by atoms with Gasteiger partial charge in [0.05, 0.1) is 28.2 Å². The van der Waals surface area contributed by atoms with Crippen LogP contribution in [0.5, 0.6) is 5.19 Å². The number of ketones is 1. The molecule has 2 fully saturated rings. The number of carbonyl (C=O) groups is 3. The highest BCUT2D eigenvalue weighted by molar-refractivity contribution is 7.20. The van der Waals surface area contributed by atoms with Crippen molar-refractivity contribution in [3.8, 4) is 5.19 Å². The van der Waals surface area contributed by atoms with Crippen LogP contribution in [0.3, 0.4) is 0 Å². The Hall–Kier alpha value is -3.30. The molecule has 2 aromatic carbocycles. The summed E-state index contributed by atoms with van der Waals surface area (Å²) in [5.74, 6) is -2.38. The van der Waals surface area contributed by atoms with Crippen LogP contribution in [0, 0.1) is 23.1 Å². The van der Waals surface area contributed by atoms with Gasteiger partial charge in [-0.1, -0.05) is 60.1 Å². The quantitative estimate of drug-likeness (QED) is 0.311. The predicted octanol–water partition coefficient (Wildman–Crippen LogP) is 6.87. The third kappa shape index (κ3) is 6.48. The number of hydrogen-bond acceptors (Lipinski definition) is 6. The van der Waals surface area contributed by atoms with Crippen LogP contribution in [0.1, 0.15) is 56.9 Å². The van der Waals surface area contributed by atoms with Crippen molar-refractivity contribution < 1.29 is 28.6 Å². The van der Waals surface area contributed by atoms with Gasteiger partial charge in [0.25, 0.3) is 5.19 Å². The molecular formula is C33H34ClFN2O5S. The number of rotatable bonds is 5. The number of ether oxygens (including phenoxy) is 1. The number of fused-ring (bicyclic) bond motifs is 3. The van der Waals surface area contributed by atoms with E-state index in [4.69, 9.17) is 16.3 Å².